The lowest BCUT2D eigenvalue weighted by molar-refractivity contribution is -0.133. The Hall–Kier alpha value is -1.82. The molecule has 1 unspecified atom stereocenters. The maximum atomic E-state index is 14.0. The van der Waals surface area contributed by atoms with E-state index < -0.39 is 11.4 Å². The number of hydrogen-bond acceptors (Lipinski definition) is 4. The SMILES string of the molecule is C[C@@]1(O)CC[C@H]2C(CC[C@@H]3[C@@H]2CC[C@]2(C)[C@@H](C(=O)Cn4nc5cccc(F)c5n4)CC[C@@H]32)C1. The summed E-state index contributed by atoms with van der Waals surface area (Å²) < 4.78 is 14.0. The summed E-state index contributed by atoms with van der Waals surface area (Å²) in [6.07, 6.45) is 10.0. The molecule has 0 saturated heterocycles. The van der Waals surface area contributed by atoms with Gasteiger partial charge >= 0.3 is 0 Å². The third-order valence-corrected chi connectivity index (χ3v) is 10.3. The van der Waals surface area contributed by atoms with Crippen LogP contribution in [-0.4, -0.2) is 31.5 Å². The highest BCUT2D eigenvalue weighted by molar-refractivity contribution is 5.82. The van der Waals surface area contributed by atoms with Crippen molar-refractivity contribution in [3.63, 3.8) is 0 Å². The van der Waals surface area contributed by atoms with Crippen molar-refractivity contribution >= 4 is 16.8 Å². The van der Waals surface area contributed by atoms with Crippen LogP contribution in [0.15, 0.2) is 18.2 Å². The lowest BCUT2D eigenvalue weighted by Gasteiger charge is -2.56. The van der Waals surface area contributed by atoms with Crippen LogP contribution in [0.25, 0.3) is 11.0 Å². The molecule has 4 aliphatic carbocycles. The molecule has 8 atom stereocenters. The van der Waals surface area contributed by atoms with Gasteiger partial charge in [-0.1, -0.05) is 13.0 Å². The van der Waals surface area contributed by atoms with Crippen molar-refractivity contribution in [1.29, 1.82) is 0 Å². The quantitative estimate of drug-likeness (QED) is 0.697. The lowest BCUT2D eigenvalue weighted by atomic mass is 9.49. The van der Waals surface area contributed by atoms with E-state index in [-0.39, 0.29) is 29.2 Å². The molecule has 0 bridgehead atoms. The van der Waals surface area contributed by atoms with Gasteiger partial charge in [-0.25, -0.2) is 4.39 Å². The third kappa shape index (κ3) is 3.46. The molecular formula is C27H36FN3O2. The van der Waals surface area contributed by atoms with Gasteiger partial charge in [0, 0.05) is 5.92 Å². The van der Waals surface area contributed by atoms with Crippen molar-refractivity contribution in [2.75, 3.05) is 0 Å². The highest BCUT2D eigenvalue weighted by Gasteiger charge is 2.58. The number of aliphatic hydroxyl groups is 1. The summed E-state index contributed by atoms with van der Waals surface area (Å²) in [6, 6.07) is 4.75. The Morgan fingerprint density at radius 3 is 2.70 bits per heavy atom. The fourth-order valence-corrected chi connectivity index (χ4v) is 8.88. The van der Waals surface area contributed by atoms with Gasteiger partial charge in [0.25, 0.3) is 0 Å². The Balaban J connectivity index is 1.19. The summed E-state index contributed by atoms with van der Waals surface area (Å²) in [6.45, 7) is 4.52. The zero-order chi connectivity index (χ0) is 23.0. The number of carbonyl (C=O) groups is 1. The van der Waals surface area contributed by atoms with E-state index in [2.05, 4.69) is 17.1 Å². The lowest BCUT2D eigenvalue weighted by Crippen LogP contribution is -2.51. The standard InChI is InChI=1S/C27H36FN3O2/c1-26(33)12-10-17-16(14-26)6-7-19-18(17)11-13-27(2)20(19)8-9-21(27)24(32)15-31-29-23-5-3-4-22(28)25(23)30-31/h3-5,16-21,33H,6-15H2,1-2H3/t16?,17-,18+,19+,20-,21+,26+,27-/m0/s1. The average Bonchev–Trinajstić information content (AvgIpc) is 3.33. The van der Waals surface area contributed by atoms with Crippen molar-refractivity contribution in [3.05, 3.63) is 24.0 Å². The van der Waals surface area contributed by atoms with E-state index in [0.29, 0.717) is 17.4 Å². The van der Waals surface area contributed by atoms with E-state index in [1.54, 1.807) is 12.1 Å². The second kappa shape index (κ2) is 7.59. The molecule has 1 heterocycles. The van der Waals surface area contributed by atoms with Crippen LogP contribution in [-0.2, 0) is 11.3 Å². The molecule has 2 aromatic rings. The minimum absolute atomic E-state index is 0.0484. The minimum Gasteiger partial charge on any atom is -0.390 e. The number of Topliss-reactive ketones (excluding diaryl/α,β-unsaturated/α-hetero) is 1. The summed E-state index contributed by atoms with van der Waals surface area (Å²) in [5.74, 6) is 3.43. The predicted molar refractivity (Wildman–Crippen MR) is 124 cm³/mol. The Labute approximate surface area is 195 Å². The molecule has 1 N–H and O–H groups in total. The zero-order valence-electron chi connectivity index (χ0n) is 19.8. The van der Waals surface area contributed by atoms with E-state index in [9.17, 15) is 14.3 Å². The number of hydrogen-bond donors (Lipinski definition) is 1. The van der Waals surface area contributed by atoms with Crippen LogP contribution < -0.4 is 0 Å². The van der Waals surface area contributed by atoms with E-state index in [0.717, 1.165) is 49.9 Å². The van der Waals surface area contributed by atoms with Gasteiger partial charge in [-0.2, -0.15) is 9.90 Å². The maximum absolute atomic E-state index is 14.0. The molecule has 6 heteroatoms. The molecule has 5 nitrogen and oxygen atoms in total. The van der Waals surface area contributed by atoms with Crippen molar-refractivity contribution in [2.45, 2.75) is 83.8 Å². The molecular weight excluding hydrogens is 417 g/mol. The van der Waals surface area contributed by atoms with Crippen LogP contribution in [0.3, 0.4) is 0 Å². The van der Waals surface area contributed by atoms with Crippen LogP contribution >= 0.6 is 0 Å². The van der Waals surface area contributed by atoms with Crippen LogP contribution in [0.5, 0.6) is 0 Å². The first-order valence-corrected chi connectivity index (χ1v) is 13.0. The normalized spacial score (nSPS) is 42.5. The van der Waals surface area contributed by atoms with E-state index in [1.165, 1.54) is 36.5 Å². The molecule has 0 aliphatic heterocycles. The van der Waals surface area contributed by atoms with Gasteiger partial charge in [0.05, 0.1) is 5.60 Å². The molecule has 4 saturated carbocycles. The van der Waals surface area contributed by atoms with E-state index >= 15 is 0 Å². The van der Waals surface area contributed by atoms with Crippen molar-refractivity contribution in [3.8, 4) is 0 Å². The second-order valence-corrected chi connectivity index (χ2v) is 12.2. The summed E-state index contributed by atoms with van der Waals surface area (Å²) in [5.41, 5.74) is 0.325. The summed E-state index contributed by atoms with van der Waals surface area (Å²) >= 11 is 0. The van der Waals surface area contributed by atoms with Gasteiger partial charge in [-0.05, 0) is 112 Å². The van der Waals surface area contributed by atoms with Crippen molar-refractivity contribution < 1.29 is 14.3 Å². The zero-order valence-corrected chi connectivity index (χ0v) is 19.8. The molecule has 33 heavy (non-hydrogen) atoms. The van der Waals surface area contributed by atoms with Crippen LogP contribution in [0.4, 0.5) is 4.39 Å². The maximum Gasteiger partial charge on any atom is 0.159 e. The average molecular weight is 454 g/mol. The van der Waals surface area contributed by atoms with Crippen molar-refractivity contribution in [2.24, 2.45) is 40.9 Å². The first-order valence-electron chi connectivity index (χ1n) is 13.0. The van der Waals surface area contributed by atoms with Gasteiger partial charge in [0.2, 0.25) is 0 Å². The molecule has 0 amide bonds. The van der Waals surface area contributed by atoms with Gasteiger partial charge < -0.3 is 5.11 Å². The van der Waals surface area contributed by atoms with Gasteiger partial charge in [-0.15, -0.1) is 5.10 Å². The molecule has 178 valence electrons. The molecule has 6 rings (SSSR count). The number of ketones is 1. The third-order valence-electron chi connectivity index (χ3n) is 10.3. The van der Waals surface area contributed by atoms with Crippen LogP contribution in [0.1, 0.15) is 71.6 Å². The van der Waals surface area contributed by atoms with Crippen LogP contribution in [0, 0.1) is 46.7 Å². The number of rotatable bonds is 3. The molecule has 1 aromatic heterocycles. The summed E-state index contributed by atoms with van der Waals surface area (Å²) in [5, 5.41) is 19.2. The Morgan fingerprint density at radius 1 is 1.06 bits per heavy atom. The summed E-state index contributed by atoms with van der Waals surface area (Å²) in [4.78, 5) is 14.9. The second-order valence-electron chi connectivity index (χ2n) is 12.2. The van der Waals surface area contributed by atoms with Gasteiger partial charge in [0.15, 0.2) is 11.6 Å². The molecule has 1 aromatic carbocycles. The minimum atomic E-state index is -0.476. The smallest absolute Gasteiger partial charge is 0.159 e. The fraction of sp³-hybridized carbons (Fsp3) is 0.741. The topological polar surface area (TPSA) is 68.0 Å². The largest absolute Gasteiger partial charge is 0.390 e. The Bertz CT molecular complexity index is 1080. The molecule has 4 fully saturated rings. The summed E-state index contributed by atoms with van der Waals surface area (Å²) in [7, 11) is 0. The monoisotopic (exact) mass is 453 g/mol. The van der Waals surface area contributed by atoms with E-state index in [4.69, 9.17) is 0 Å². The predicted octanol–water partition coefficient (Wildman–Crippen LogP) is 5.16. The number of halogens is 1. The van der Waals surface area contributed by atoms with Gasteiger partial charge in [0.1, 0.15) is 17.6 Å². The molecule has 4 aliphatic rings. The highest BCUT2D eigenvalue weighted by atomic mass is 19.1. The van der Waals surface area contributed by atoms with Crippen LogP contribution in [0.2, 0.25) is 0 Å². The number of benzene rings is 1. The molecule has 0 spiro atoms. The first-order chi connectivity index (χ1) is 15.7. The molecule has 0 radical (unpaired) electrons. The first kappa shape index (κ1) is 21.7. The Morgan fingerprint density at radius 2 is 1.88 bits per heavy atom. The van der Waals surface area contributed by atoms with Crippen molar-refractivity contribution in [1.82, 2.24) is 15.0 Å². The number of nitrogens with zero attached hydrogens (tertiary/aromatic N) is 3. The number of fused-ring (bicyclic) bond motifs is 6. The number of carbonyl (C=O) groups excluding carboxylic acids is 1. The number of aromatic nitrogens is 3. The Kier molecular flexibility index (Phi) is 4.99. The fourth-order valence-electron chi connectivity index (χ4n) is 8.88. The van der Waals surface area contributed by atoms with Gasteiger partial charge in [-0.3, -0.25) is 4.79 Å². The highest BCUT2D eigenvalue weighted by Crippen LogP contribution is 2.64. The van der Waals surface area contributed by atoms with E-state index in [1.807, 2.05) is 6.92 Å².